The quantitative estimate of drug-likeness (QED) is 0.620. The number of halogens is 3. The van der Waals surface area contributed by atoms with Gasteiger partial charge in [-0.15, -0.1) is 11.3 Å². The highest BCUT2D eigenvalue weighted by molar-refractivity contribution is 7.12. The lowest BCUT2D eigenvalue weighted by atomic mass is 9.97. The van der Waals surface area contributed by atoms with E-state index in [0.29, 0.717) is 40.9 Å². The van der Waals surface area contributed by atoms with E-state index in [0.717, 1.165) is 17.2 Å². The van der Waals surface area contributed by atoms with Gasteiger partial charge in [-0.1, -0.05) is 6.07 Å². The summed E-state index contributed by atoms with van der Waals surface area (Å²) in [6.07, 6.45) is -5.23. The van der Waals surface area contributed by atoms with Gasteiger partial charge >= 0.3 is 11.9 Å². The fourth-order valence-corrected chi connectivity index (χ4v) is 4.49. The van der Waals surface area contributed by atoms with E-state index in [2.05, 4.69) is 9.97 Å². The summed E-state index contributed by atoms with van der Waals surface area (Å²) in [5.41, 5.74) is 1.02. The van der Waals surface area contributed by atoms with Gasteiger partial charge in [0.15, 0.2) is 0 Å². The first-order chi connectivity index (χ1) is 15.2. The summed E-state index contributed by atoms with van der Waals surface area (Å²) in [5.74, 6) is 1.18. The number of benzene rings is 1. The number of aliphatic hydroxyl groups is 1. The number of β-amino-alcohol motifs (C(OH)–C–C–N with tert-alkyl or cyclic N) is 1. The normalized spacial score (nSPS) is 16.2. The van der Waals surface area contributed by atoms with E-state index in [4.69, 9.17) is 4.74 Å². The van der Waals surface area contributed by atoms with Gasteiger partial charge in [-0.25, -0.2) is 4.79 Å². The Kier molecular flexibility index (Phi) is 5.95. The zero-order valence-corrected chi connectivity index (χ0v) is 18.2. The van der Waals surface area contributed by atoms with Crippen molar-refractivity contribution in [1.29, 1.82) is 0 Å². The molecule has 0 bridgehead atoms. The largest absolute Gasteiger partial charge is 0.494 e. The third-order valence-corrected chi connectivity index (χ3v) is 6.27. The first-order valence-electron chi connectivity index (χ1n) is 9.95. The average molecular weight is 466 g/mol. The number of hydrogen-bond acceptors (Lipinski definition) is 7. The lowest BCUT2D eigenvalue weighted by Crippen LogP contribution is -2.38. The predicted molar refractivity (Wildman–Crippen MR) is 113 cm³/mol. The number of aryl methyl sites for hydroxylation is 1. The van der Waals surface area contributed by atoms with Gasteiger partial charge in [0, 0.05) is 11.4 Å². The Morgan fingerprint density at radius 2 is 2.03 bits per heavy atom. The number of hydrogen-bond donors (Lipinski definition) is 1. The first kappa shape index (κ1) is 22.3. The monoisotopic (exact) mass is 466 g/mol. The number of anilines is 1. The van der Waals surface area contributed by atoms with Gasteiger partial charge in [0.05, 0.1) is 25.8 Å². The number of nitrogens with zero attached hydrogens (tertiary/aromatic N) is 4. The lowest BCUT2D eigenvalue weighted by molar-refractivity contribution is -0.134. The molecule has 4 rings (SSSR count). The Morgan fingerprint density at radius 3 is 2.69 bits per heavy atom. The molecule has 170 valence electrons. The minimum atomic E-state index is -4.42. The molecule has 1 aliphatic heterocycles. The van der Waals surface area contributed by atoms with Crippen LogP contribution in [0.1, 0.15) is 39.7 Å². The van der Waals surface area contributed by atoms with Crippen molar-refractivity contribution in [1.82, 2.24) is 14.5 Å². The molecule has 0 radical (unpaired) electrons. The molecule has 32 heavy (non-hydrogen) atoms. The average Bonchev–Trinajstić information content (AvgIpc) is 3.20. The molecule has 0 fully saturated rings. The van der Waals surface area contributed by atoms with Crippen LogP contribution in [-0.2, 0) is 19.3 Å². The second-order valence-electron chi connectivity index (χ2n) is 7.39. The fraction of sp³-hybridized carbons (Fsp3) is 0.381. The molecular weight excluding hydrogens is 445 g/mol. The van der Waals surface area contributed by atoms with Crippen LogP contribution in [-0.4, -0.2) is 32.8 Å². The molecule has 1 aliphatic rings. The van der Waals surface area contributed by atoms with E-state index in [1.54, 1.807) is 17.9 Å². The summed E-state index contributed by atoms with van der Waals surface area (Å²) >= 11 is 0.587. The standard InChI is InChI=1S/C21H21F3N4O3S/c1-3-31-14-5-4-13-9-27(11-17(29)16(13)8-14)19-25-12(2)28(20(30)26-19)10-15-6-7-18(32-15)21(22,23)24/h4-8,17,29H,3,9-11H2,1-2H3. The highest BCUT2D eigenvalue weighted by atomic mass is 32.1. The lowest BCUT2D eigenvalue weighted by Gasteiger charge is -2.32. The zero-order valence-electron chi connectivity index (χ0n) is 17.4. The van der Waals surface area contributed by atoms with E-state index in [-0.39, 0.29) is 19.0 Å². The van der Waals surface area contributed by atoms with Crippen LogP contribution >= 0.6 is 11.3 Å². The summed E-state index contributed by atoms with van der Waals surface area (Å²) in [7, 11) is 0. The second kappa shape index (κ2) is 8.55. The van der Waals surface area contributed by atoms with Crippen LogP contribution < -0.4 is 15.3 Å². The van der Waals surface area contributed by atoms with Gasteiger partial charge in [0.2, 0.25) is 5.95 Å². The Morgan fingerprint density at radius 1 is 1.25 bits per heavy atom. The van der Waals surface area contributed by atoms with Crippen LogP contribution in [0.3, 0.4) is 0 Å². The van der Waals surface area contributed by atoms with Crippen molar-refractivity contribution in [2.75, 3.05) is 18.1 Å². The second-order valence-corrected chi connectivity index (χ2v) is 8.56. The van der Waals surface area contributed by atoms with Gasteiger partial charge in [-0.2, -0.15) is 23.1 Å². The number of ether oxygens (including phenoxy) is 1. The number of alkyl halides is 3. The molecule has 0 spiro atoms. The molecule has 11 heteroatoms. The topological polar surface area (TPSA) is 80.5 Å². The summed E-state index contributed by atoms with van der Waals surface area (Å²) < 4.78 is 45.2. The van der Waals surface area contributed by atoms with E-state index < -0.39 is 22.8 Å². The van der Waals surface area contributed by atoms with Crippen molar-refractivity contribution in [2.45, 2.75) is 39.2 Å². The minimum Gasteiger partial charge on any atom is -0.494 e. The molecule has 3 heterocycles. The number of thiophene rings is 1. The maximum Gasteiger partial charge on any atom is 0.425 e. The maximum absolute atomic E-state index is 12.8. The van der Waals surface area contributed by atoms with E-state index in [1.165, 1.54) is 10.6 Å². The Labute approximate surface area is 185 Å². The molecule has 0 aliphatic carbocycles. The molecular formula is C21H21F3N4O3S. The van der Waals surface area contributed by atoms with Gasteiger partial charge < -0.3 is 14.7 Å². The molecule has 1 aromatic carbocycles. The molecule has 7 nitrogen and oxygen atoms in total. The predicted octanol–water partition coefficient (Wildman–Crippen LogP) is 3.53. The van der Waals surface area contributed by atoms with Gasteiger partial charge in [-0.3, -0.25) is 4.57 Å². The molecule has 0 amide bonds. The fourth-order valence-electron chi connectivity index (χ4n) is 3.62. The highest BCUT2D eigenvalue weighted by Gasteiger charge is 2.32. The van der Waals surface area contributed by atoms with Crippen molar-refractivity contribution in [3.63, 3.8) is 0 Å². The Bertz CT molecular complexity index is 1190. The van der Waals surface area contributed by atoms with Crippen molar-refractivity contribution < 1.29 is 23.0 Å². The van der Waals surface area contributed by atoms with Crippen LogP contribution in [0.25, 0.3) is 0 Å². The molecule has 1 N–H and O–H groups in total. The SMILES string of the molecule is CCOc1ccc2c(c1)C(O)CN(c1nc(C)n(Cc3ccc(C(F)(F)F)s3)c(=O)n1)C2. The third kappa shape index (κ3) is 4.49. The van der Waals surface area contributed by atoms with E-state index in [9.17, 15) is 23.1 Å². The van der Waals surface area contributed by atoms with E-state index >= 15 is 0 Å². The van der Waals surface area contributed by atoms with Crippen LogP contribution in [0.2, 0.25) is 0 Å². The number of fused-ring (bicyclic) bond motifs is 1. The Hall–Kier alpha value is -2.92. The summed E-state index contributed by atoms with van der Waals surface area (Å²) in [5, 5.41) is 10.6. The smallest absolute Gasteiger partial charge is 0.425 e. The summed E-state index contributed by atoms with van der Waals surface area (Å²) in [6.45, 7) is 4.57. The van der Waals surface area contributed by atoms with Crippen LogP contribution in [0.5, 0.6) is 5.75 Å². The maximum atomic E-state index is 12.8. The summed E-state index contributed by atoms with van der Waals surface area (Å²) in [6, 6.07) is 7.83. The van der Waals surface area contributed by atoms with E-state index in [1.807, 2.05) is 19.1 Å². The van der Waals surface area contributed by atoms with Gasteiger partial charge in [0.1, 0.15) is 16.5 Å². The minimum absolute atomic E-state index is 0.0443. The van der Waals surface area contributed by atoms with Crippen molar-refractivity contribution in [2.24, 2.45) is 0 Å². The Balaban J connectivity index is 1.57. The molecule has 0 saturated heterocycles. The van der Waals surface area contributed by atoms with Crippen molar-refractivity contribution in [3.8, 4) is 5.75 Å². The number of aliphatic hydroxyl groups excluding tert-OH is 1. The molecule has 1 unspecified atom stereocenters. The molecule has 0 saturated carbocycles. The highest BCUT2D eigenvalue weighted by Crippen LogP contribution is 2.35. The zero-order chi connectivity index (χ0) is 23.0. The molecule has 1 atom stereocenters. The van der Waals surface area contributed by atoms with Crippen LogP contribution in [0, 0.1) is 6.92 Å². The number of rotatable bonds is 5. The van der Waals surface area contributed by atoms with Crippen LogP contribution in [0.15, 0.2) is 35.1 Å². The third-order valence-electron chi connectivity index (χ3n) is 5.16. The van der Waals surface area contributed by atoms with Gasteiger partial charge in [-0.05, 0) is 49.2 Å². The van der Waals surface area contributed by atoms with Crippen molar-refractivity contribution >= 4 is 17.3 Å². The van der Waals surface area contributed by atoms with Gasteiger partial charge in [0.25, 0.3) is 0 Å². The summed E-state index contributed by atoms with van der Waals surface area (Å²) in [4.78, 5) is 22.4. The molecule has 2 aromatic heterocycles. The van der Waals surface area contributed by atoms with Crippen LogP contribution in [0.4, 0.5) is 19.1 Å². The van der Waals surface area contributed by atoms with Crippen molar-refractivity contribution in [3.05, 3.63) is 67.5 Å². The first-order valence-corrected chi connectivity index (χ1v) is 10.8. The molecule has 3 aromatic rings. The number of aromatic nitrogens is 3.